The molecule has 0 radical (unpaired) electrons. The Morgan fingerprint density at radius 2 is 0.831 bits per heavy atom. The molecular formula is C56H39N3. The fourth-order valence-corrected chi connectivity index (χ4v) is 10.4. The maximum absolute atomic E-state index is 2.46. The summed E-state index contributed by atoms with van der Waals surface area (Å²) in [6.45, 7) is 0. The Balaban J connectivity index is 1.11. The number of nitrogens with zero attached hydrogens (tertiary/aromatic N) is 3. The summed E-state index contributed by atoms with van der Waals surface area (Å²) in [6, 6.07) is 80.3. The average molecular weight is 754 g/mol. The van der Waals surface area contributed by atoms with E-state index in [0.29, 0.717) is 0 Å². The van der Waals surface area contributed by atoms with Crippen molar-refractivity contribution in [1.82, 2.24) is 4.57 Å². The molecule has 2 aliphatic carbocycles. The van der Waals surface area contributed by atoms with Crippen molar-refractivity contribution in [2.75, 3.05) is 9.80 Å². The van der Waals surface area contributed by atoms with Crippen molar-refractivity contribution in [2.45, 2.75) is 5.41 Å². The summed E-state index contributed by atoms with van der Waals surface area (Å²) in [4.78, 5) is 4.83. The van der Waals surface area contributed by atoms with Crippen LogP contribution in [0.5, 0.6) is 0 Å². The van der Waals surface area contributed by atoms with Gasteiger partial charge in [0.25, 0.3) is 0 Å². The summed E-state index contributed by atoms with van der Waals surface area (Å²) in [5, 5.41) is 2.52. The number of rotatable bonds is 6. The number of aryl methyl sites for hydroxylation is 1. The first-order chi connectivity index (χ1) is 29.2. The molecule has 3 nitrogen and oxygen atoms in total. The molecule has 0 fully saturated rings. The zero-order chi connectivity index (χ0) is 39.1. The Kier molecular flexibility index (Phi) is 7.36. The van der Waals surface area contributed by atoms with Gasteiger partial charge in [0, 0.05) is 51.8 Å². The monoisotopic (exact) mass is 753 g/mol. The normalized spacial score (nSPS) is 14.6. The molecule has 0 saturated carbocycles. The van der Waals surface area contributed by atoms with Gasteiger partial charge in [-0.25, -0.2) is 0 Å². The second-order valence-corrected chi connectivity index (χ2v) is 15.7. The predicted molar refractivity (Wildman–Crippen MR) is 246 cm³/mol. The smallest absolute Gasteiger partial charge is 0.0733 e. The van der Waals surface area contributed by atoms with Crippen molar-refractivity contribution in [1.29, 1.82) is 0 Å². The summed E-state index contributed by atoms with van der Waals surface area (Å²) in [7, 11) is 2.19. The van der Waals surface area contributed by atoms with Crippen molar-refractivity contribution in [3.63, 3.8) is 0 Å². The Bertz CT molecular complexity index is 3200. The minimum Gasteiger partial charge on any atom is -0.342 e. The zero-order valence-electron chi connectivity index (χ0n) is 32.6. The molecule has 10 aromatic rings. The molecule has 1 spiro atoms. The van der Waals surface area contributed by atoms with E-state index in [-0.39, 0.29) is 0 Å². The van der Waals surface area contributed by atoms with Crippen LogP contribution in [0, 0.1) is 0 Å². The highest BCUT2D eigenvalue weighted by molar-refractivity contribution is 6.13. The number of aromatic nitrogens is 1. The van der Waals surface area contributed by atoms with Gasteiger partial charge in [-0.3, -0.25) is 0 Å². The van der Waals surface area contributed by atoms with Gasteiger partial charge in [0.15, 0.2) is 0 Å². The standard InChI is InChI=1S/C56H39N3/c1-57-53-30-16-13-26-46(53)47-27-17-31-54(55(47)57)59(40-22-9-4-10-23-40)41-33-35-51-48(36-41)44-25-12-15-29-50(44)56(51)49-28-14-11-24-43(49)45-34-32-42(37-52(45)56)58(38-18-5-2-6-19-38)39-20-7-3-8-21-39/h2-37H,1H3. The SMILES string of the molecule is Cn1c2ccccc2c2cccc(N(c3ccccc3)c3ccc4c(c3)-c3ccccc3C43c4ccccc4-c4ccc(N(c5ccccc5)c5ccccc5)cc43)c21. The molecule has 0 amide bonds. The minimum absolute atomic E-state index is 0.501. The van der Waals surface area contributed by atoms with Crippen LogP contribution in [0.4, 0.5) is 34.1 Å². The lowest BCUT2D eigenvalue weighted by atomic mass is 9.70. The number of hydrogen-bond donors (Lipinski definition) is 0. The van der Waals surface area contributed by atoms with E-state index in [2.05, 4.69) is 240 Å². The van der Waals surface area contributed by atoms with Crippen LogP contribution in [-0.2, 0) is 12.5 Å². The summed E-state index contributed by atoms with van der Waals surface area (Å²) < 4.78 is 2.35. The van der Waals surface area contributed by atoms with Gasteiger partial charge in [0.05, 0.1) is 16.6 Å². The van der Waals surface area contributed by atoms with E-state index in [1.165, 1.54) is 66.3 Å². The maximum atomic E-state index is 2.46. The number of hydrogen-bond acceptors (Lipinski definition) is 2. The third kappa shape index (κ3) is 4.76. The quantitative estimate of drug-likeness (QED) is 0.168. The zero-order valence-corrected chi connectivity index (χ0v) is 32.6. The summed E-state index contributed by atoms with van der Waals surface area (Å²) in [6.07, 6.45) is 0. The molecule has 9 aromatic carbocycles. The molecule has 1 atom stereocenters. The van der Waals surface area contributed by atoms with Crippen molar-refractivity contribution < 1.29 is 0 Å². The van der Waals surface area contributed by atoms with Crippen LogP contribution in [0.15, 0.2) is 218 Å². The lowest BCUT2D eigenvalue weighted by molar-refractivity contribution is 0.793. The molecule has 2 aliphatic rings. The fourth-order valence-electron chi connectivity index (χ4n) is 10.4. The van der Waals surface area contributed by atoms with Crippen LogP contribution >= 0.6 is 0 Å². The molecule has 0 aliphatic heterocycles. The number of fused-ring (bicyclic) bond motifs is 13. The van der Waals surface area contributed by atoms with Gasteiger partial charge in [-0.2, -0.15) is 0 Å². The Hall–Kier alpha value is -7.62. The van der Waals surface area contributed by atoms with E-state index in [1.807, 2.05) is 0 Å². The molecular weight excluding hydrogens is 715 g/mol. The van der Waals surface area contributed by atoms with Gasteiger partial charge in [0.2, 0.25) is 0 Å². The lowest BCUT2D eigenvalue weighted by Crippen LogP contribution is -2.26. The Morgan fingerprint density at radius 1 is 0.339 bits per heavy atom. The van der Waals surface area contributed by atoms with Crippen LogP contribution in [-0.4, -0.2) is 4.57 Å². The van der Waals surface area contributed by atoms with Crippen LogP contribution < -0.4 is 9.80 Å². The van der Waals surface area contributed by atoms with Crippen LogP contribution in [0.1, 0.15) is 22.3 Å². The fraction of sp³-hybridized carbons (Fsp3) is 0.0357. The van der Waals surface area contributed by atoms with Crippen LogP contribution in [0.3, 0.4) is 0 Å². The lowest BCUT2D eigenvalue weighted by Gasteiger charge is -2.32. The molecule has 0 N–H and O–H groups in total. The van der Waals surface area contributed by atoms with Crippen molar-refractivity contribution in [3.05, 3.63) is 241 Å². The highest BCUT2D eigenvalue weighted by Gasteiger charge is 2.52. The van der Waals surface area contributed by atoms with Gasteiger partial charge in [-0.15, -0.1) is 0 Å². The van der Waals surface area contributed by atoms with Gasteiger partial charge < -0.3 is 14.4 Å². The molecule has 12 rings (SSSR count). The van der Waals surface area contributed by atoms with E-state index in [9.17, 15) is 0 Å². The summed E-state index contributed by atoms with van der Waals surface area (Å²) in [5.41, 5.74) is 19.1. The predicted octanol–water partition coefficient (Wildman–Crippen LogP) is 14.6. The molecule has 1 unspecified atom stereocenters. The first kappa shape index (κ1) is 33.5. The minimum atomic E-state index is -0.501. The molecule has 278 valence electrons. The third-order valence-electron chi connectivity index (χ3n) is 12.8. The second kappa shape index (κ2) is 13.0. The Labute approximate surface area is 344 Å². The Morgan fingerprint density at radius 3 is 1.51 bits per heavy atom. The van der Waals surface area contributed by atoms with E-state index < -0.39 is 5.41 Å². The van der Waals surface area contributed by atoms with E-state index in [0.717, 1.165) is 34.1 Å². The van der Waals surface area contributed by atoms with Crippen molar-refractivity contribution in [2.24, 2.45) is 7.05 Å². The largest absolute Gasteiger partial charge is 0.342 e. The van der Waals surface area contributed by atoms with Crippen LogP contribution in [0.25, 0.3) is 44.1 Å². The second-order valence-electron chi connectivity index (χ2n) is 15.7. The highest BCUT2D eigenvalue weighted by Crippen LogP contribution is 2.64. The van der Waals surface area contributed by atoms with Crippen LogP contribution in [0.2, 0.25) is 0 Å². The number of benzene rings is 9. The average Bonchev–Trinajstić information content (AvgIpc) is 3.89. The molecule has 1 aromatic heterocycles. The van der Waals surface area contributed by atoms with Gasteiger partial charge in [0.1, 0.15) is 0 Å². The van der Waals surface area contributed by atoms with E-state index in [4.69, 9.17) is 0 Å². The first-order valence-electron chi connectivity index (χ1n) is 20.4. The van der Waals surface area contributed by atoms with Gasteiger partial charge >= 0.3 is 0 Å². The van der Waals surface area contributed by atoms with E-state index in [1.54, 1.807) is 0 Å². The first-order valence-corrected chi connectivity index (χ1v) is 20.4. The molecule has 1 heterocycles. The van der Waals surface area contributed by atoms with Crippen molar-refractivity contribution in [3.8, 4) is 22.3 Å². The highest BCUT2D eigenvalue weighted by atomic mass is 15.2. The van der Waals surface area contributed by atoms with Crippen molar-refractivity contribution >= 4 is 55.9 Å². The molecule has 0 saturated heterocycles. The van der Waals surface area contributed by atoms with Gasteiger partial charge in [-0.05, 0) is 117 Å². The van der Waals surface area contributed by atoms with Gasteiger partial charge in [-0.1, -0.05) is 146 Å². The number of anilines is 6. The maximum Gasteiger partial charge on any atom is 0.0733 e. The molecule has 0 bridgehead atoms. The topological polar surface area (TPSA) is 11.4 Å². The van der Waals surface area contributed by atoms with E-state index >= 15 is 0 Å². The summed E-state index contributed by atoms with van der Waals surface area (Å²) >= 11 is 0. The third-order valence-corrected chi connectivity index (χ3v) is 12.8. The molecule has 59 heavy (non-hydrogen) atoms. The number of para-hydroxylation sites is 5. The summed E-state index contributed by atoms with van der Waals surface area (Å²) in [5.74, 6) is 0. The molecule has 3 heteroatoms.